The molecule has 0 amide bonds. The number of nitrogens with two attached hydrogens (primary N) is 1. The van der Waals surface area contributed by atoms with Gasteiger partial charge in [-0.25, -0.2) is 4.98 Å². The number of hydrogen-bond donors (Lipinski definition) is 2. The Morgan fingerprint density at radius 2 is 2.05 bits per heavy atom. The van der Waals surface area contributed by atoms with Crippen molar-refractivity contribution in [3.05, 3.63) is 24.0 Å². The van der Waals surface area contributed by atoms with Crippen molar-refractivity contribution >= 4 is 0 Å². The molecular weight excluding hydrogens is 268 g/mol. The van der Waals surface area contributed by atoms with Crippen molar-refractivity contribution in [1.82, 2.24) is 15.2 Å². The molecule has 6 heteroatoms. The lowest BCUT2D eigenvalue weighted by molar-refractivity contribution is 0.311. The number of hydrogen-bond acceptors (Lipinski definition) is 5. The van der Waals surface area contributed by atoms with Crippen molar-refractivity contribution < 1.29 is 9.47 Å². The molecule has 1 atom stereocenters. The van der Waals surface area contributed by atoms with E-state index in [4.69, 9.17) is 15.2 Å². The van der Waals surface area contributed by atoms with Crippen molar-refractivity contribution in [2.75, 3.05) is 13.7 Å². The fraction of sp³-hybridized carbons (Fsp3) is 0.467. The van der Waals surface area contributed by atoms with Gasteiger partial charge in [-0.3, -0.25) is 5.10 Å². The molecule has 0 radical (unpaired) electrons. The Morgan fingerprint density at radius 1 is 1.29 bits per heavy atom. The maximum Gasteiger partial charge on any atom is 0.181 e. The summed E-state index contributed by atoms with van der Waals surface area (Å²) in [6.45, 7) is 6.62. The molecule has 2 aromatic rings. The van der Waals surface area contributed by atoms with Crippen molar-refractivity contribution in [3.63, 3.8) is 0 Å². The molecule has 1 heterocycles. The standard InChI is InChI=1S/C15H22N4O2/c1-5-21-11-7-6-10(8-12(11)20-4)14-17-15(19-18-14)13(16)9(2)3/h6-9,13H,5,16H2,1-4H3,(H,17,18,19)/t13-/m1/s1. The highest BCUT2D eigenvalue weighted by Gasteiger charge is 2.16. The van der Waals surface area contributed by atoms with Crippen LogP contribution in [0, 0.1) is 5.92 Å². The minimum absolute atomic E-state index is 0.157. The summed E-state index contributed by atoms with van der Waals surface area (Å²) in [5.41, 5.74) is 6.93. The van der Waals surface area contributed by atoms with Gasteiger partial charge in [0.1, 0.15) is 5.82 Å². The van der Waals surface area contributed by atoms with Crippen LogP contribution in [0.3, 0.4) is 0 Å². The summed E-state index contributed by atoms with van der Waals surface area (Å²) in [7, 11) is 1.61. The van der Waals surface area contributed by atoms with Crippen LogP contribution in [0.5, 0.6) is 11.5 Å². The molecule has 0 fully saturated rings. The average molecular weight is 290 g/mol. The lowest BCUT2D eigenvalue weighted by Crippen LogP contribution is -2.18. The first-order chi connectivity index (χ1) is 10.1. The minimum Gasteiger partial charge on any atom is -0.493 e. The highest BCUT2D eigenvalue weighted by molar-refractivity contribution is 5.60. The summed E-state index contributed by atoms with van der Waals surface area (Å²) in [6, 6.07) is 5.46. The number of H-pyrrole nitrogens is 1. The van der Waals surface area contributed by atoms with Gasteiger partial charge < -0.3 is 15.2 Å². The van der Waals surface area contributed by atoms with Crippen molar-refractivity contribution in [3.8, 4) is 22.9 Å². The molecule has 0 aliphatic rings. The van der Waals surface area contributed by atoms with E-state index < -0.39 is 0 Å². The van der Waals surface area contributed by atoms with Gasteiger partial charge >= 0.3 is 0 Å². The molecule has 1 aromatic carbocycles. The Bertz CT molecular complexity index is 595. The number of nitrogens with one attached hydrogen (secondary N) is 1. The van der Waals surface area contributed by atoms with Crippen LogP contribution in [0.25, 0.3) is 11.4 Å². The van der Waals surface area contributed by atoms with Gasteiger partial charge in [0, 0.05) is 5.56 Å². The summed E-state index contributed by atoms with van der Waals surface area (Å²) in [5, 5.41) is 7.13. The second kappa shape index (κ2) is 6.58. The fourth-order valence-corrected chi connectivity index (χ4v) is 1.95. The molecule has 0 aliphatic carbocycles. The van der Waals surface area contributed by atoms with Crippen LogP contribution < -0.4 is 15.2 Å². The second-order valence-electron chi connectivity index (χ2n) is 5.11. The minimum atomic E-state index is -0.157. The maximum atomic E-state index is 6.07. The summed E-state index contributed by atoms with van der Waals surface area (Å²) < 4.78 is 10.8. The zero-order chi connectivity index (χ0) is 15.4. The Morgan fingerprint density at radius 3 is 2.67 bits per heavy atom. The molecule has 114 valence electrons. The lowest BCUT2D eigenvalue weighted by atomic mass is 10.1. The van der Waals surface area contributed by atoms with Gasteiger partial charge in [0.2, 0.25) is 0 Å². The zero-order valence-electron chi connectivity index (χ0n) is 12.9. The summed E-state index contributed by atoms with van der Waals surface area (Å²) in [6.07, 6.45) is 0. The average Bonchev–Trinajstić information content (AvgIpc) is 2.96. The van der Waals surface area contributed by atoms with E-state index in [0.29, 0.717) is 35.7 Å². The number of rotatable bonds is 6. The van der Waals surface area contributed by atoms with Gasteiger partial charge in [-0.1, -0.05) is 13.8 Å². The number of aromatic amines is 1. The van der Waals surface area contributed by atoms with Gasteiger partial charge in [-0.05, 0) is 31.0 Å². The third-order valence-electron chi connectivity index (χ3n) is 3.26. The molecule has 0 saturated heterocycles. The number of benzene rings is 1. The monoisotopic (exact) mass is 290 g/mol. The van der Waals surface area contributed by atoms with E-state index >= 15 is 0 Å². The Balaban J connectivity index is 2.30. The Hall–Kier alpha value is -2.08. The highest BCUT2D eigenvalue weighted by Crippen LogP contribution is 2.31. The number of nitrogens with zero attached hydrogens (tertiary/aromatic N) is 2. The topological polar surface area (TPSA) is 86.0 Å². The molecule has 0 bridgehead atoms. The molecule has 6 nitrogen and oxygen atoms in total. The van der Waals surface area contributed by atoms with E-state index in [1.54, 1.807) is 7.11 Å². The molecule has 2 rings (SSSR count). The molecule has 0 spiro atoms. The first-order valence-electron chi connectivity index (χ1n) is 7.05. The van der Waals surface area contributed by atoms with E-state index in [-0.39, 0.29) is 6.04 Å². The quantitative estimate of drug-likeness (QED) is 0.853. The van der Waals surface area contributed by atoms with E-state index in [1.807, 2.05) is 39.0 Å². The van der Waals surface area contributed by atoms with Crippen LogP contribution >= 0.6 is 0 Å². The van der Waals surface area contributed by atoms with E-state index in [0.717, 1.165) is 5.56 Å². The first kappa shape index (κ1) is 15.3. The smallest absolute Gasteiger partial charge is 0.181 e. The van der Waals surface area contributed by atoms with Crippen molar-refractivity contribution in [1.29, 1.82) is 0 Å². The van der Waals surface area contributed by atoms with Crippen LogP contribution in [-0.2, 0) is 0 Å². The maximum absolute atomic E-state index is 6.07. The van der Waals surface area contributed by atoms with Gasteiger partial charge in [0.15, 0.2) is 17.3 Å². The SMILES string of the molecule is CCOc1ccc(-c2n[nH]c([C@H](N)C(C)C)n2)cc1OC. The normalized spacial score (nSPS) is 12.5. The van der Waals surface area contributed by atoms with Crippen LogP contribution in [0.2, 0.25) is 0 Å². The van der Waals surface area contributed by atoms with Crippen molar-refractivity contribution in [2.45, 2.75) is 26.8 Å². The first-order valence-corrected chi connectivity index (χ1v) is 7.05. The van der Waals surface area contributed by atoms with Crippen LogP contribution in [0.15, 0.2) is 18.2 Å². The van der Waals surface area contributed by atoms with Crippen LogP contribution in [0.4, 0.5) is 0 Å². The van der Waals surface area contributed by atoms with Gasteiger partial charge in [0.25, 0.3) is 0 Å². The zero-order valence-corrected chi connectivity index (χ0v) is 12.9. The van der Waals surface area contributed by atoms with E-state index in [1.165, 1.54) is 0 Å². The Labute approximate surface area is 124 Å². The fourth-order valence-electron chi connectivity index (χ4n) is 1.95. The lowest BCUT2D eigenvalue weighted by Gasteiger charge is -2.11. The number of methoxy groups -OCH3 is 1. The van der Waals surface area contributed by atoms with Crippen LogP contribution in [-0.4, -0.2) is 28.9 Å². The molecule has 21 heavy (non-hydrogen) atoms. The summed E-state index contributed by atoms with van der Waals surface area (Å²) in [4.78, 5) is 4.46. The number of ether oxygens (including phenoxy) is 2. The highest BCUT2D eigenvalue weighted by atomic mass is 16.5. The molecular formula is C15H22N4O2. The number of aromatic nitrogens is 3. The van der Waals surface area contributed by atoms with Gasteiger partial charge in [0.05, 0.1) is 19.8 Å². The van der Waals surface area contributed by atoms with Gasteiger partial charge in [-0.15, -0.1) is 0 Å². The summed E-state index contributed by atoms with van der Waals surface area (Å²) in [5.74, 6) is 2.95. The van der Waals surface area contributed by atoms with Crippen molar-refractivity contribution in [2.24, 2.45) is 11.7 Å². The molecule has 0 unspecified atom stereocenters. The third kappa shape index (κ3) is 3.33. The second-order valence-corrected chi connectivity index (χ2v) is 5.11. The van der Waals surface area contributed by atoms with Crippen LogP contribution in [0.1, 0.15) is 32.6 Å². The molecule has 3 N–H and O–H groups in total. The Kier molecular flexibility index (Phi) is 4.80. The predicted octanol–water partition coefficient (Wildman–Crippen LogP) is 2.53. The van der Waals surface area contributed by atoms with E-state index in [2.05, 4.69) is 15.2 Å². The molecule has 0 aliphatic heterocycles. The van der Waals surface area contributed by atoms with E-state index in [9.17, 15) is 0 Å². The molecule has 1 aromatic heterocycles. The van der Waals surface area contributed by atoms with Gasteiger partial charge in [-0.2, -0.15) is 5.10 Å². The molecule has 0 saturated carbocycles. The predicted molar refractivity (Wildman–Crippen MR) is 81.3 cm³/mol. The summed E-state index contributed by atoms with van der Waals surface area (Å²) >= 11 is 0. The third-order valence-corrected chi connectivity index (χ3v) is 3.26. The largest absolute Gasteiger partial charge is 0.493 e.